The van der Waals surface area contributed by atoms with Gasteiger partial charge in [0.1, 0.15) is 12.4 Å². The van der Waals surface area contributed by atoms with Crippen LogP contribution in [0.25, 0.3) is 0 Å². The second-order valence-corrected chi connectivity index (χ2v) is 7.13. The Morgan fingerprint density at radius 1 is 1.17 bits per heavy atom. The van der Waals surface area contributed by atoms with E-state index in [2.05, 4.69) is 4.98 Å². The number of esters is 2. The molecule has 2 aromatic rings. The van der Waals surface area contributed by atoms with E-state index in [4.69, 9.17) is 14.2 Å². The summed E-state index contributed by atoms with van der Waals surface area (Å²) in [6.45, 7) is 4.62. The molecule has 8 heteroatoms. The first-order valence-corrected chi connectivity index (χ1v) is 9.38. The van der Waals surface area contributed by atoms with Gasteiger partial charge in [-0.1, -0.05) is 26.0 Å². The van der Waals surface area contributed by atoms with Crippen molar-refractivity contribution >= 4 is 11.9 Å². The maximum Gasteiger partial charge on any atom is 0.339 e. The molecule has 2 atom stereocenters. The molecule has 29 heavy (non-hydrogen) atoms. The van der Waals surface area contributed by atoms with Crippen molar-refractivity contribution in [2.75, 3.05) is 20.8 Å². The summed E-state index contributed by atoms with van der Waals surface area (Å²) in [7, 11) is 2.41. The molecule has 1 heterocycles. The molecular formula is C21H28N2O6. The monoisotopic (exact) mass is 404 g/mol. The minimum Gasteiger partial charge on any atom is -0.492 e. The summed E-state index contributed by atoms with van der Waals surface area (Å²) < 4.78 is 17.2. The van der Waals surface area contributed by atoms with Gasteiger partial charge in [0.15, 0.2) is 5.60 Å². The highest BCUT2D eigenvalue weighted by Gasteiger charge is 2.51. The third kappa shape index (κ3) is 5.57. The van der Waals surface area contributed by atoms with Crippen LogP contribution in [0.5, 0.6) is 5.75 Å². The largest absolute Gasteiger partial charge is 0.492 e. The molecule has 2 unspecified atom stereocenters. The average Bonchev–Trinajstić information content (AvgIpc) is 3.21. The lowest BCUT2D eigenvalue weighted by Gasteiger charge is -2.34. The van der Waals surface area contributed by atoms with Crippen molar-refractivity contribution in [2.24, 2.45) is 11.8 Å². The molecule has 0 spiro atoms. The molecule has 8 nitrogen and oxygen atoms in total. The van der Waals surface area contributed by atoms with Crippen LogP contribution in [0.4, 0.5) is 0 Å². The van der Waals surface area contributed by atoms with Crippen LogP contribution in [0, 0.1) is 11.8 Å². The fraction of sp³-hybridized carbons (Fsp3) is 0.476. The van der Waals surface area contributed by atoms with Crippen LogP contribution < -0.4 is 4.74 Å². The van der Waals surface area contributed by atoms with Gasteiger partial charge in [-0.15, -0.1) is 0 Å². The highest BCUT2D eigenvalue weighted by Crippen LogP contribution is 2.32. The fourth-order valence-electron chi connectivity index (χ4n) is 3.33. The molecule has 0 bridgehead atoms. The van der Waals surface area contributed by atoms with Crippen molar-refractivity contribution in [3.05, 3.63) is 48.5 Å². The van der Waals surface area contributed by atoms with E-state index in [9.17, 15) is 14.7 Å². The summed E-state index contributed by atoms with van der Waals surface area (Å²) in [6.07, 6.45) is 5.18. The molecule has 158 valence electrons. The number of benzene rings is 1. The lowest BCUT2D eigenvalue weighted by Crippen LogP contribution is -2.54. The lowest BCUT2D eigenvalue weighted by molar-refractivity contribution is -0.181. The van der Waals surface area contributed by atoms with Gasteiger partial charge in [0, 0.05) is 18.8 Å². The van der Waals surface area contributed by atoms with Gasteiger partial charge in [-0.3, -0.25) is 4.79 Å². The van der Waals surface area contributed by atoms with Crippen LogP contribution in [-0.4, -0.2) is 53.0 Å². The molecule has 1 aromatic carbocycles. The fourth-order valence-corrected chi connectivity index (χ4v) is 3.33. The smallest absolute Gasteiger partial charge is 0.339 e. The molecular weight excluding hydrogens is 376 g/mol. The second-order valence-electron chi connectivity index (χ2n) is 7.13. The van der Waals surface area contributed by atoms with E-state index in [-0.39, 0.29) is 12.3 Å². The third-order valence-corrected chi connectivity index (χ3v) is 4.75. The van der Waals surface area contributed by atoms with Crippen LogP contribution in [0.3, 0.4) is 0 Å². The molecule has 1 aromatic heterocycles. The maximum atomic E-state index is 12.4. The first-order chi connectivity index (χ1) is 13.8. The Morgan fingerprint density at radius 3 is 2.38 bits per heavy atom. The van der Waals surface area contributed by atoms with Crippen molar-refractivity contribution in [1.82, 2.24) is 9.55 Å². The number of methoxy groups -OCH3 is 2. The Morgan fingerprint density at radius 2 is 1.86 bits per heavy atom. The van der Waals surface area contributed by atoms with E-state index in [0.717, 1.165) is 0 Å². The Labute approximate surface area is 170 Å². The van der Waals surface area contributed by atoms with Crippen LogP contribution in [0.1, 0.15) is 19.4 Å². The number of carbonyl (C=O) groups excluding carboxylic acids is 2. The standard InChI is InChI=1S/C21H28N2O6/c1-15(2)18(19(24)27-3)21(26,20(25)28-4)13-16-5-7-17(8-6-16)29-12-11-23-10-9-22-14-23/h5-10,14-15,18,26H,11-13H2,1-4H3. The topological polar surface area (TPSA) is 99.9 Å². The molecule has 0 amide bonds. The first kappa shape index (κ1) is 22.4. The van der Waals surface area contributed by atoms with Crippen molar-refractivity contribution in [3.8, 4) is 5.75 Å². The molecule has 0 saturated carbocycles. The molecule has 0 saturated heterocycles. The normalized spacial score (nSPS) is 14.1. The average molecular weight is 404 g/mol. The number of ether oxygens (including phenoxy) is 3. The van der Waals surface area contributed by atoms with Gasteiger partial charge >= 0.3 is 11.9 Å². The quantitative estimate of drug-likeness (QED) is 0.603. The third-order valence-electron chi connectivity index (χ3n) is 4.75. The molecule has 0 aliphatic carbocycles. The Kier molecular flexibility index (Phi) is 7.78. The summed E-state index contributed by atoms with van der Waals surface area (Å²) in [4.78, 5) is 28.6. The maximum absolute atomic E-state index is 12.4. The number of aliphatic hydroxyl groups is 1. The highest BCUT2D eigenvalue weighted by atomic mass is 16.5. The van der Waals surface area contributed by atoms with Crippen LogP contribution >= 0.6 is 0 Å². The summed E-state index contributed by atoms with van der Waals surface area (Å²) in [6, 6.07) is 7.00. The zero-order chi connectivity index (χ0) is 21.4. The Bertz CT molecular complexity index is 788. The van der Waals surface area contributed by atoms with Gasteiger partial charge in [0.05, 0.1) is 33.0 Å². The summed E-state index contributed by atoms with van der Waals surface area (Å²) in [5, 5.41) is 11.2. The van der Waals surface area contributed by atoms with Crippen molar-refractivity contribution in [2.45, 2.75) is 32.4 Å². The molecule has 0 aliphatic heterocycles. The number of hydrogen-bond acceptors (Lipinski definition) is 7. The van der Waals surface area contributed by atoms with E-state index in [1.165, 1.54) is 14.2 Å². The van der Waals surface area contributed by atoms with Crippen molar-refractivity contribution < 1.29 is 28.9 Å². The molecule has 1 N–H and O–H groups in total. The van der Waals surface area contributed by atoms with Crippen molar-refractivity contribution in [1.29, 1.82) is 0 Å². The van der Waals surface area contributed by atoms with E-state index >= 15 is 0 Å². The lowest BCUT2D eigenvalue weighted by atomic mass is 9.76. The van der Waals surface area contributed by atoms with Gasteiger partial charge in [0.2, 0.25) is 0 Å². The van der Waals surface area contributed by atoms with Crippen LogP contribution in [0.15, 0.2) is 43.0 Å². The van der Waals surface area contributed by atoms with E-state index < -0.39 is 23.5 Å². The number of nitrogens with zero attached hydrogens (tertiary/aromatic N) is 2. The zero-order valence-corrected chi connectivity index (χ0v) is 17.2. The zero-order valence-electron chi connectivity index (χ0n) is 17.2. The Hall–Kier alpha value is -2.87. The minimum atomic E-state index is -2.04. The minimum absolute atomic E-state index is 0.0903. The molecule has 2 rings (SSSR count). The molecule has 0 radical (unpaired) electrons. The Balaban J connectivity index is 2.12. The van der Waals surface area contributed by atoms with Gasteiger partial charge in [-0.2, -0.15) is 0 Å². The number of aromatic nitrogens is 2. The number of imidazole rings is 1. The summed E-state index contributed by atoms with van der Waals surface area (Å²) in [5.74, 6) is -2.28. The van der Waals surface area contributed by atoms with Crippen molar-refractivity contribution in [3.63, 3.8) is 0 Å². The second kappa shape index (κ2) is 10.1. The van der Waals surface area contributed by atoms with Crippen LogP contribution in [-0.2, 0) is 32.0 Å². The van der Waals surface area contributed by atoms with Gasteiger partial charge in [-0.05, 0) is 23.6 Å². The summed E-state index contributed by atoms with van der Waals surface area (Å²) >= 11 is 0. The van der Waals surface area contributed by atoms with Crippen LogP contribution in [0.2, 0.25) is 0 Å². The number of hydrogen-bond donors (Lipinski definition) is 1. The summed E-state index contributed by atoms with van der Waals surface area (Å²) in [5.41, 5.74) is -1.38. The van der Waals surface area contributed by atoms with E-state index in [0.29, 0.717) is 24.5 Å². The molecule has 0 aliphatic rings. The van der Waals surface area contributed by atoms with E-state index in [1.807, 2.05) is 10.8 Å². The van der Waals surface area contributed by atoms with E-state index in [1.54, 1.807) is 50.6 Å². The number of carbonyl (C=O) groups is 2. The van der Waals surface area contributed by atoms with Gasteiger partial charge in [-0.25, -0.2) is 9.78 Å². The predicted molar refractivity (Wildman–Crippen MR) is 105 cm³/mol. The number of rotatable bonds is 10. The highest BCUT2D eigenvalue weighted by molar-refractivity contribution is 5.88. The van der Waals surface area contributed by atoms with Gasteiger partial charge in [0.25, 0.3) is 0 Å². The SMILES string of the molecule is COC(=O)C(C(C)C)C(O)(Cc1ccc(OCCn2ccnc2)cc1)C(=O)OC. The molecule has 0 fully saturated rings. The predicted octanol–water partition coefficient (Wildman–Crippen LogP) is 1.85. The first-order valence-electron chi connectivity index (χ1n) is 9.38. The van der Waals surface area contributed by atoms with Gasteiger partial charge < -0.3 is 23.9 Å².